The SMILES string of the molecule is O=C(Nc1ccccc1F)c1ccccc1Nc1ccccc1. The van der Waals surface area contributed by atoms with Crippen LogP contribution in [0.4, 0.5) is 21.5 Å². The molecule has 3 nitrogen and oxygen atoms in total. The molecule has 0 aliphatic heterocycles. The molecule has 0 bridgehead atoms. The minimum Gasteiger partial charge on any atom is -0.355 e. The van der Waals surface area contributed by atoms with Gasteiger partial charge in [-0.2, -0.15) is 0 Å². The van der Waals surface area contributed by atoms with E-state index < -0.39 is 5.82 Å². The van der Waals surface area contributed by atoms with Gasteiger partial charge in [-0.05, 0) is 36.4 Å². The van der Waals surface area contributed by atoms with Crippen molar-refractivity contribution in [3.8, 4) is 0 Å². The van der Waals surface area contributed by atoms with Crippen LogP contribution in [0.3, 0.4) is 0 Å². The standard InChI is InChI=1S/C19H15FN2O/c20-16-11-5-7-13-18(16)22-19(23)15-10-4-6-12-17(15)21-14-8-2-1-3-9-14/h1-13,21H,(H,22,23). The van der Waals surface area contributed by atoms with Gasteiger partial charge in [0, 0.05) is 5.69 Å². The fourth-order valence-electron chi connectivity index (χ4n) is 2.22. The molecule has 0 aliphatic carbocycles. The molecular weight excluding hydrogens is 291 g/mol. The highest BCUT2D eigenvalue weighted by molar-refractivity contribution is 6.08. The normalized spacial score (nSPS) is 10.1. The molecule has 0 aromatic heterocycles. The fraction of sp³-hybridized carbons (Fsp3) is 0. The van der Waals surface area contributed by atoms with Crippen molar-refractivity contribution >= 4 is 23.0 Å². The molecule has 0 fully saturated rings. The highest BCUT2D eigenvalue weighted by Crippen LogP contribution is 2.22. The number of para-hydroxylation sites is 3. The topological polar surface area (TPSA) is 41.1 Å². The minimum atomic E-state index is -0.464. The number of hydrogen-bond donors (Lipinski definition) is 2. The van der Waals surface area contributed by atoms with E-state index in [1.807, 2.05) is 42.5 Å². The smallest absolute Gasteiger partial charge is 0.257 e. The second kappa shape index (κ2) is 6.75. The lowest BCUT2D eigenvalue weighted by atomic mass is 10.1. The van der Waals surface area contributed by atoms with Gasteiger partial charge in [-0.3, -0.25) is 4.79 Å². The third-order valence-corrected chi connectivity index (χ3v) is 3.35. The third-order valence-electron chi connectivity index (χ3n) is 3.35. The van der Waals surface area contributed by atoms with Crippen LogP contribution in [0.25, 0.3) is 0 Å². The maximum absolute atomic E-state index is 13.7. The first-order valence-electron chi connectivity index (χ1n) is 7.21. The first-order chi connectivity index (χ1) is 11.2. The van der Waals surface area contributed by atoms with E-state index >= 15 is 0 Å². The zero-order chi connectivity index (χ0) is 16.1. The Morgan fingerprint density at radius 2 is 1.35 bits per heavy atom. The predicted molar refractivity (Wildman–Crippen MR) is 90.5 cm³/mol. The van der Waals surface area contributed by atoms with Crippen LogP contribution in [0.2, 0.25) is 0 Å². The molecule has 1 amide bonds. The average Bonchev–Trinajstić information content (AvgIpc) is 2.58. The van der Waals surface area contributed by atoms with Crippen molar-refractivity contribution in [1.29, 1.82) is 0 Å². The lowest BCUT2D eigenvalue weighted by molar-refractivity contribution is 0.102. The van der Waals surface area contributed by atoms with Gasteiger partial charge >= 0.3 is 0 Å². The second-order valence-electron chi connectivity index (χ2n) is 4.97. The summed E-state index contributed by atoms with van der Waals surface area (Å²) in [6, 6.07) is 22.8. The highest BCUT2D eigenvalue weighted by atomic mass is 19.1. The van der Waals surface area contributed by atoms with Gasteiger partial charge in [-0.1, -0.05) is 42.5 Å². The van der Waals surface area contributed by atoms with Crippen molar-refractivity contribution in [3.63, 3.8) is 0 Å². The maximum Gasteiger partial charge on any atom is 0.257 e. The third kappa shape index (κ3) is 3.55. The van der Waals surface area contributed by atoms with Crippen LogP contribution in [0.15, 0.2) is 78.9 Å². The van der Waals surface area contributed by atoms with E-state index in [-0.39, 0.29) is 11.6 Å². The first-order valence-corrected chi connectivity index (χ1v) is 7.21. The molecular formula is C19H15FN2O. The van der Waals surface area contributed by atoms with Gasteiger partial charge in [0.05, 0.1) is 16.9 Å². The zero-order valence-electron chi connectivity index (χ0n) is 12.3. The van der Waals surface area contributed by atoms with Crippen molar-refractivity contribution in [3.05, 3.63) is 90.2 Å². The highest BCUT2D eigenvalue weighted by Gasteiger charge is 2.13. The number of benzene rings is 3. The van der Waals surface area contributed by atoms with Gasteiger partial charge in [-0.15, -0.1) is 0 Å². The van der Waals surface area contributed by atoms with Crippen LogP contribution in [0.1, 0.15) is 10.4 Å². The summed E-state index contributed by atoms with van der Waals surface area (Å²) in [5.41, 5.74) is 2.14. The Kier molecular flexibility index (Phi) is 4.34. The van der Waals surface area contributed by atoms with Crippen molar-refractivity contribution in [2.24, 2.45) is 0 Å². The van der Waals surface area contributed by atoms with Crippen molar-refractivity contribution in [2.75, 3.05) is 10.6 Å². The van der Waals surface area contributed by atoms with Crippen LogP contribution in [-0.4, -0.2) is 5.91 Å². The van der Waals surface area contributed by atoms with Crippen molar-refractivity contribution < 1.29 is 9.18 Å². The van der Waals surface area contributed by atoms with Crippen molar-refractivity contribution in [1.82, 2.24) is 0 Å². The lowest BCUT2D eigenvalue weighted by Gasteiger charge is -2.12. The summed E-state index contributed by atoms with van der Waals surface area (Å²) in [4.78, 5) is 12.5. The van der Waals surface area contributed by atoms with E-state index in [2.05, 4.69) is 10.6 Å². The molecule has 0 radical (unpaired) electrons. The Balaban J connectivity index is 1.85. The Morgan fingerprint density at radius 1 is 0.739 bits per heavy atom. The summed E-state index contributed by atoms with van der Waals surface area (Å²) < 4.78 is 13.7. The number of hydrogen-bond acceptors (Lipinski definition) is 2. The fourth-order valence-corrected chi connectivity index (χ4v) is 2.22. The molecule has 0 spiro atoms. The van der Waals surface area contributed by atoms with Crippen LogP contribution < -0.4 is 10.6 Å². The molecule has 3 rings (SSSR count). The monoisotopic (exact) mass is 306 g/mol. The van der Waals surface area contributed by atoms with E-state index in [0.717, 1.165) is 5.69 Å². The van der Waals surface area contributed by atoms with Crippen LogP contribution >= 0.6 is 0 Å². The average molecular weight is 306 g/mol. The summed E-state index contributed by atoms with van der Waals surface area (Å²) >= 11 is 0. The van der Waals surface area contributed by atoms with Gasteiger partial charge in [0.25, 0.3) is 5.91 Å². The Labute approximate surface area is 133 Å². The van der Waals surface area contributed by atoms with Crippen LogP contribution in [0.5, 0.6) is 0 Å². The number of amides is 1. The molecule has 114 valence electrons. The summed E-state index contributed by atoms with van der Waals surface area (Å²) in [6.07, 6.45) is 0. The molecule has 3 aromatic carbocycles. The minimum absolute atomic E-state index is 0.159. The molecule has 0 saturated carbocycles. The van der Waals surface area contributed by atoms with Gasteiger partial charge in [0.1, 0.15) is 5.82 Å². The second-order valence-corrected chi connectivity index (χ2v) is 4.97. The van der Waals surface area contributed by atoms with Gasteiger partial charge in [0.2, 0.25) is 0 Å². The molecule has 4 heteroatoms. The molecule has 0 unspecified atom stereocenters. The Hall–Kier alpha value is -3.14. The summed E-state index contributed by atoms with van der Waals surface area (Å²) in [7, 11) is 0. The number of carbonyl (C=O) groups excluding carboxylic acids is 1. The summed E-state index contributed by atoms with van der Waals surface area (Å²) in [5, 5.41) is 5.80. The maximum atomic E-state index is 13.7. The summed E-state index contributed by atoms with van der Waals surface area (Å²) in [5.74, 6) is -0.830. The van der Waals surface area contributed by atoms with Crippen LogP contribution in [0, 0.1) is 5.82 Å². The summed E-state index contributed by atoms with van der Waals surface area (Å²) in [6.45, 7) is 0. The first kappa shape index (κ1) is 14.8. The van der Waals surface area contributed by atoms with Crippen molar-refractivity contribution in [2.45, 2.75) is 0 Å². The number of nitrogens with one attached hydrogen (secondary N) is 2. The largest absolute Gasteiger partial charge is 0.355 e. The van der Waals surface area contributed by atoms with E-state index in [4.69, 9.17) is 0 Å². The molecule has 0 atom stereocenters. The quantitative estimate of drug-likeness (QED) is 0.725. The molecule has 0 aliphatic rings. The molecule has 0 saturated heterocycles. The van der Waals surface area contributed by atoms with Gasteiger partial charge in [-0.25, -0.2) is 4.39 Å². The van der Waals surface area contributed by atoms with Gasteiger partial charge < -0.3 is 10.6 Å². The Bertz CT molecular complexity index is 818. The van der Waals surface area contributed by atoms with E-state index in [1.165, 1.54) is 12.1 Å². The Morgan fingerprint density at radius 3 is 2.09 bits per heavy atom. The molecule has 2 N–H and O–H groups in total. The lowest BCUT2D eigenvalue weighted by Crippen LogP contribution is -2.14. The molecule has 0 heterocycles. The molecule has 23 heavy (non-hydrogen) atoms. The predicted octanol–water partition coefficient (Wildman–Crippen LogP) is 4.82. The van der Waals surface area contributed by atoms with Gasteiger partial charge in [0.15, 0.2) is 0 Å². The number of rotatable bonds is 4. The zero-order valence-corrected chi connectivity index (χ0v) is 12.3. The van der Waals surface area contributed by atoms with E-state index in [0.29, 0.717) is 11.3 Å². The molecule has 3 aromatic rings. The number of anilines is 3. The van der Waals surface area contributed by atoms with Crippen LogP contribution in [-0.2, 0) is 0 Å². The van der Waals surface area contributed by atoms with E-state index in [1.54, 1.807) is 24.3 Å². The van der Waals surface area contributed by atoms with E-state index in [9.17, 15) is 9.18 Å². The number of halogens is 1. The number of carbonyl (C=O) groups is 1.